The smallest absolute Gasteiger partial charge is 0.279 e. The molecule has 2 aliphatic rings. The Labute approximate surface area is 151 Å². The van der Waals surface area contributed by atoms with Gasteiger partial charge in [-0.25, -0.2) is 9.97 Å². The van der Waals surface area contributed by atoms with Crippen molar-refractivity contribution in [3.05, 3.63) is 22.5 Å². The van der Waals surface area contributed by atoms with E-state index in [0.29, 0.717) is 24.5 Å². The number of fused-ring (bicyclic) bond motifs is 3. The van der Waals surface area contributed by atoms with Gasteiger partial charge in [0.15, 0.2) is 17.4 Å². The molecule has 0 saturated carbocycles. The van der Waals surface area contributed by atoms with Crippen LogP contribution in [0, 0.1) is 6.92 Å². The van der Waals surface area contributed by atoms with E-state index in [1.807, 2.05) is 6.92 Å². The maximum Gasteiger partial charge on any atom is 0.279 e. The molecule has 0 amide bonds. The maximum atomic E-state index is 12.1. The molecule has 0 unspecified atom stereocenters. The molecule has 2 aliphatic heterocycles. The highest BCUT2D eigenvalue weighted by molar-refractivity contribution is 7.72. The highest BCUT2D eigenvalue weighted by Crippen LogP contribution is 2.55. The van der Waals surface area contributed by atoms with Gasteiger partial charge in [0.25, 0.3) is 5.56 Å². The quantitative estimate of drug-likeness (QED) is 0.766. The van der Waals surface area contributed by atoms with Gasteiger partial charge in [0.05, 0.1) is 12.9 Å². The molecule has 2 saturated heterocycles. The van der Waals surface area contributed by atoms with Crippen LogP contribution in [0.2, 0.25) is 0 Å². The predicted octanol–water partition coefficient (Wildman–Crippen LogP) is 0.945. The van der Waals surface area contributed by atoms with Crippen LogP contribution in [0.4, 0.5) is 0 Å². The molecule has 2 fully saturated rings. The third kappa shape index (κ3) is 2.51. The van der Waals surface area contributed by atoms with Crippen LogP contribution in [-0.4, -0.2) is 74.3 Å². The van der Waals surface area contributed by atoms with Crippen molar-refractivity contribution >= 4 is 24.3 Å². The van der Waals surface area contributed by atoms with Crippen LogP contribution in [0.15, 0.2) is 11.1 Å². The van der Waals surface area contributed by atoms with Crippen LogP contribution in [0.25, 0.3) is 11.2 Å². The van der Waals surface area contributed by atoms with Crippen LogP contribution in [-0.2, 0) is 9.47 Å². The van der Waals surface area contributed by atoms with Gasteiger partial charge in [0.1, 0.15) is 23.1 Å². The molecule has 4 atom stereocenters. The fourth-order valence-electron chi connectivity index (χ4n) is 3.90. The summed E-state index contributed by atoms with van der Waals surface area (Å²) in [6.07, 6.45) is 6.00. The normalized spacial score (nSPS) is 34.0. The van der Waals surface area contributed by atoms with Gasteiger partial charge >= 0.3 is 0 Å². The van der Waals surface area contributed by atoms with E-state index in [1.54, 1.807) is 11.5 Å². The zero-order valence-electron chi connectivity index (χ0n) is 15.5. The van der Waals surface area contributed by atoms with Gasteiger partial charge in [-0.3, -0.25) is 9.36 Å². The summed E-state index contributed by atoms with van der Waals surface area (Å²) >= 11 is 0. The zero-order chi connectivity index (χ0) is 18.9. The monoisotopic (exact) mass is 380 g/mol. The minimum Gasteiger partial charge on any atom is -0.387 e. The van der Waals surface area contributed by atoms with Crippen LogP contribution in [0.5, 0.6) is 0 Å². The number of hydrogen-bond donors (Lipinski definition) is 2. The van der Waals surface area contributed by atoms with Gasteiger partial charge in [-0.15, -0.1) is 13.2 Å². The number of aromatic amines is 1. The largest absolute Gasteiger partial charge is 0.387 e. The second-order valence-electron chi connectivity index (χ2n) is 8.29. The molecule has 2 aromatic rings. The first-order valence-electron chi connectivity index (χ1n) is 8.66. The third-order valence-corrected chi connectivity index (χ3v) is 6.88. The molecule has 142 valence electrons. The van der Waals surface area contributed by atoms with Gasteiger partial charge in [0, 0.05) is 0 Å². The number of imidazole rings is 1. The van der Waals surface area contributed by atoms with E-state index in [4.69, 9.17) is 9.47 Å². The molecule has 2 bridgehead atoms. The summed E-state index contributed by atoms with van der Waals surface area (Å²) in [6, 6.07) is 0. The number of aromatic nitrogens is 4. The van der Waals surface area contributed by atoms with Crippen molar-refractivity contribution in [1.82, 2.24) is 19.5 Å². The Bertz CT molecular complexity index is 979. The summed E-state index contributed by atoms with van der Waals surface area (Å²) < 4.78 is 14.1. The first-order valence-corrected chi connectivity index (χ1v) is 11.7. The number of hydrogen-bond acceptors (Lipinski definition) is 6. The molecule has 0 aromatic carbocycles. The van der Waals surface area contributed by atoms with Crippen molar-refractivity contribution in [2.75, 3.05) is 26.1 Å². The lowest BCUT2D eigenvalue weighted by Gasteiger charge is -2.34. The molecule has 2 N–H and O–H groups in total. The van der Waals surface area contributed by atoms with Crippen LogP contribution < -0.4 is 5.56 Å². The molecule has 0 spiro atoms. The molecule has 0 radical (unpaired) electrons. The van der Waals surface area contributed by atoms with Crippen molar-refractivity contribution in [2.45, 2.75) is 43.8 Å². The Morgan fingerprint density at radius 1 is 1.54 bits per heavy atom. The molecule has 2 aromatic heterocycles. The molecule has 26 heavy (non-hydrogen) atoms. The van der Waals surface area contributed by atoms with E-state index in [0.717, 1.165) is 6.16 Å². The van der Waals surface area contributed by atoms with Crippen molar-refractivity contribution in [3.63, 3.8) is 0 Å². The Morgan fingerprint density at radius 2 is 2.27 bits per heavy atom. The number of aliphatic hydroxyl groups excluding tert-OH is 1. The summed E-state index contributed by atoms with van der Waals surface area (Å²) in [7, 11) is 0. The topological polar surface area (TPSA) is 102 Å². The summed E-state index contributed by atoms with van der Waals surface area (Å²) in [5, 5.41) is 11.0. The average molecular weight is 380 g/mol. The first-order chi connectivity index (χ1) is 12.1. The number of aliphatic hydroxyl groups is 1. The van der Waals surface area contributed by atoms with E-state index in [2.05, 4.69) is 34.6 Å². The lowest BCUT2D eigenvalue weighted by atomic mass is 9.89. The number of rotatable bonds is 4. The van der Waals surface area contributed by atoms with Crippen molar-refractivity contribution in [1.29, 1.82) is 0 Å². The summed E-state index contributed by atoms with van der Waals surface area (Å²) in [5.41, 5.74) is -1.30. The zero-order valence-corrected chi connectivity index (χ0v) is 16.4. The highest BCUT2D eigenvalue weighted by atomic mass is 31.2. The van der Waals surface area contributed by atoms with Gasteiger partial charge in [-0.05, 0) is 39.8 Å². The Balaban J connectivity index is 1.75. The first kappa shape index (κ1) is 17.9. The molecule has 8 nitrogen and oxygen atoms in total. The number of H-pyrrole nitrogens is 1. The maximum absolute atomic E-state index is 12.1. The Kier molecular flexibility index (Phi) is 3.80. The van der Waals surface area contributed by atoms with Crippen molar-refractivity contribution < 1.29 is 14.6 Å². The summed E-state index contributed by atoms with van der Waals surface area (Å²) in [4.78, 5) is 23.4. The van der Waals surface area contributed by atoms with Crippen molar-refractivity contribution in [2.24, 2.45) is 0 Å². The highest BCUT2D eigenvalue weighted by Gasteiger charge is 2.68. The Morgan fingerprint density at radius 3 is 2.96 bits per heavy atom. The number of ether oxygens (including phenoxy) is 2. The Hall–Kier alpha value is -1.47. The van der Waals surface area contributed by atoms with Crippen LogP contribution >= 0.6 is 6.89 Å². The SMILES string of the molecule is C=P(C)(C)CC[C@]12CO[C@](C)([C@@H]1O)[C@H](n1cnc3c(=O)[nH]c(C)nc31)O2. The predicted molar refractivity (Wildman–Crippen MR) is 101 cm³/mol. The van der Waals surface area contributed by atoms with E-state index < -0.39 is 30.4 Å². The van der Waals surface area contributed by atoms with Gasteiger partial charge in [-0.1, -0.05) is 0 Å². The van der Waals surface area contributed by atoms with E-state index in [-0.39, 0.29) is 11.1 Å². The molecule has 4 heterocycles. The molecular formula is C17H25N4O4P. The van der Waals surface area contributed by atoms with Crippen LogP contribution in [0.3, 0.4) is 0 Å². The number of nitrogens with zero attached hydrogens (tertiary/aromatic N) is 3. The van der Waals surface area contributed by atoms with E-state index >= 15 is 0 Å². The van der Waals surface area contributed by atoms with Gasteiger partial charge in [0.2, 0.25) is 0 Å². The molecular weight excluding hydrogens is 355 g/mol. The number of aryl methyl sites for hydroxylation is 1. The standard InChI is InChI=1S/C17H25N4O4P/c1-10-19-12-11(13(22)20-10)18-9-21(12)15-16(2)14(23)17(25-15,8-24-16)6-7-26(3,4)5/h9,14-15,23H,3,6-8H2,1-2,4-5H3,(H,19,20,22)/t14-,15+,16+,17-/m0/s1. The lowest BCUT2D eigenvalue weighted by Crippen LogP contribution is -2.42. The summed E-state index contributed by atoms with van der Waals surface area (Å²) in [5.74, 6) is 0.498. The molecule has 0 aliphatic carbocycles. The average Bonchev–Trinajstić information content (AvgIpc) is 3.12. The van der Waals surface area contributed by atoms with Gasteiger partial charge < -0.3 is 19.6 Å². The van der Waals surface area contributed by atoms with Gasteiger partial charge in [-0.2, -0.15) is 0 Å². The molecule has 4 rings (SSSR count). The van der Waals surface area contributed by atoms with Crippen molar-refractivity contribution in [3.8, 4) is 0 Å². The summed E-state index contributed by atoms with van der Waals surface area (Å²) in [6.45, 7) is 6.98. The second kappa shape index (κ2) is 5.52. The van der Waals surface area contributed by atoms with E-state index in [9.17, 15) is 9.90 Å². The van der Waals surface area contributed by atoms with E-state index in [1.165, 1.54) is 6.33 Å². The lowest BCUT2D eigenvalue weighted by molar-refractivity contribution is -0.203. The fraction of sp³-hybridized carbons (Fsp3) is 0.647. The third-order valence-electron chi connectivity index (χ3n) is 5.45. The number of nitrogens with one attached hydrogen (secondary N) is 1. The second-order valence-corrected chi connectivity index (χ2v) is 12.6. The minimum atomic E-state index is -1.26. The van der Waals surface area contributed by atoms with Crippen LogP contribution in [0.1, 0.15) is 25.4 Å². The molecule has 9 heteroatoms. The minimum absolute atomic E-state index is 0.249. The fourth-order valence-corrected chi connectivity index (χ4v) is 4.89.